The molecule has 8 heteroatoms. The molecule has 0 aromatic heterocycles. The van der Waals surface area contributed by atoms with E-state index in [1.165, 1.54) is 12.0 Å². The molecule has 0 spiro atoms. The number of hydrogen-bond donors (Lipinski definition) is 2. The first-order valence-electron chi connectivity index (χ1n) is 10.3. The summed E-state index contributed by atoms with van der Waals surface area (Å²) in [6, 6.07) is 8.73. The van der Waals surface area contributed by atoms with Crippen LogP contribution in [-0.2, 0) is 25.7 Å². The van der Waals surface area contributed by atoms with E-state index in [0.717, 1.165) is 5.56 Å². The molecule has 0 aliphatic carbocycles. The number of benzene rings is 1. The van der Waals surface area contributed by atoms with Gasteiger partial charge in [-0.2, -0.15) is 0 Å². The first-order valence-corrected chi connectivity index (χ1v) is 10.3. The molecule has 1 aromatic rings. The molecule has 1 aliphatic rings. The van der Waals surface area contributed by atoms with Crippen molar-refractivity contribution in [2.24, 2.45) is 5.92 Å². The molecule has 30 heavy (non-hydrogen) atoms. The smallest absolute Gasteiger partial charge is 0.411 e. The van der Waals surface area contributed by atoms with Crippen LogP contribution in [0.1, 0.15) is 45.1 Å². The van der Waals surface area contributed by atoms with Gasteiger partial charge in [0.1, 0.15) is 18.2 Å². The molecule has 1 fully saturated rings. The number of amides is 1. The predicted octanol–water partition coefficient (Wildman–Crippen LogP) is 2.81. The van der Waals surface area contributed by atoms with E-state index in [9.17, 15) is 19.5 Å². The lowest BCUT2D eigenvalue weighted by atomic mass is 9.91. The summed E-state index contributed by atoms with van der Waals surface area (Å²) in [6.45, 7) is 4.67. The van der Waals surface area contributed by atoms with Crippen molar-refractivity contribution in [3.8, 4) is 0 Å². The van der Waals surface area contributed by atoms with Crippen molar-refractivity contribution in [1.82, 2.24) is 10.2 Å². The van der Waals surface area contributed by atoms with Gasteiger partial charge in [-0.1, -0.05) is 44.2 Å². The zero-order valence-electron chi connectivity index (χ0n) is 17.9. The second-order valence-electron chi connectivity index (χ2n) is 8.04. The second-order valence-corrected chi connectivity index (χ2v) is 8.04. The summed E-state index contributed by atoms with van der Waals surface area (Å²) in [7, 11) is 1.33. The van der Waals surface area contributed by atoms with E-state index < -0.39 is 23.6 Å². The van der Waals surface area contributed by atoms with E-state index >= 15 is 0 Å². The van der Waals surface area contributed by atoms with Crippen LogP contribution in [0, 0.1) is 5.92 Å². The summed E-state index contributed by atoms with van der Waals surface area (Å²) >= 11 is 0. The van der Waals surface area contributed by atoms with E-state index in [2.05, 4.69) is 5.32 Å². The highest BCUT2D eigenvalue weighted by atomic mass is 16.6. The third kappa shape index (κ3) is 5.95. The Morgan fingerprint density at radius 1 is 1.23 bits per heavy atom. The van der Waals surface area contributed by atoms with Gasteiger partial charge in [0.25, 0.3) is 0 Å². The third-order valence-corrected chi connectivity index (χ3v) is 5.43. The van der Waals surface area contributed by atoms with Crippen LogP contribution >= 0.6 is 0 Å². The van der Waals surface area contributed by atoms with Crippen LogP contribution in [0.5, 0.6) is 0 Å². The SMILES string of the molecule is COC(=O)[C@H](CC(C)C)NCCC1(C(=O)O)CCCN1C(=O)OCc1ccccc1. The number of hydrogen-bond acceptors (Lipinski definition) is 6. The largest absolute Gasteiger partial charge is 0.479 e. The number of carboxylic acid groups (broad SMARTS) is 1. The van der Waals surface area contributed by atoms with Crippen molar-refractivity contribution < 1.29 is 29.0 Å². The number of carbonyl (C=O) groups excluding carboxylic acids is 2. The fourth-order valence-electron chi connectivity index (χ4n) is 3.86. The maximum absolute atomic E-state index is 12.7. The maximum Gasteiger partial charge on any atom is 0.411 e. The Morgan fingerprint density at radius 3 is 2.53 bits per heavy atom. The first-order chi connectivity index (χ1) is 14.3. The number of aliphatic carboxylic acids is 1. The molecule has 1 heterocycles. The first kappa shape index (κ1) is 23.7. The Hall–Kier alpha value is -2.61. The Kier molecular flexibility index (Phi) is 8.65. The normalized spacial score (nSPS) is 19.5. The molecule has 1 aromatic carbocycles. The number of esters is 1. The number of carbonyl (C=O) groups is 3. The zero-order valence-corrected chi connectivity index (χ0v) is 17.9. The van der Waals surface area contributed by atoms with Gasteiger partial charge >= 0.3 is 18.0 Å². The van der Waals surface area contributed by atoms with Gasteiger partial charge in [0, 0.05) is 6.54 Å². The molecule has 1 unspecified atom stereocenters. The quantitative estimate of drug-likeness (QED) is 0.561. The van der Waals surface area contributed by atoms with Crippen molar-refractivity contribution in [2.75, 3.05) is 20.2 Å². The van der Waals surface area contributed by atoms with Gasteiger partial charge in [0.05, 0.1) is 7.11 Å². The molecule has 0 bridgehead atoms. The molecular weight excluding hydrogens is 388 g/mol. The molecule has 2 atom stereocenters. The standard InChI is InChI=1S/C22H32N2O6/c1-16(2)14-18(19(25)29-3)23-12-11-22(20(26)27)10-7-13-24(22)21(28)30-15-17-8-5-4-6-9-17/h4-6,8-9,16,18,23H,7,10-15H2,1-3H3,(H,26,27)/t18-,22?/m0/s1. The number of rotatable bonds is 10. The van der Waals surface area contributed by atoms with Crippen LogP contribution in [0.2, 0.25) is 0 Å². The third-order valence-electron chi connectivity index (χ3n) is 5.43. The molecule has 166 valence electrons. The molecule has 1 saturated heterocycles. The molecule has 0 saturated carbocycles. The Labute approximate surface area is 177 Å². The van der Waals surface area contributed by atoms with Gasteiger partial charge in [-0.15, -0.1) is 0 Å². The molecule has 2 rings (SSSR count). The van der Waals surface area contributed by atoms with Crippen LogP contribution < -0.4 is 5.32 Å². The van der Waals surface area contributed by atoms with Crippen molar-refractivity contribution in [1.29, 1.82) is 0 Å². The van der Waals surface area contributed by atoms with Crippen LogP contribution in [0.15, 0.2) is 30.3 Å². The highest BCUT2D eigenvalue weighted by Crippen LogP contribution is 2.33. The zero-order chi connectivity index (χ0) is 22.1. The monoisotopic (exact) mass is 420 g/mol. The average molecular weight is 421 g/mol. The summed E-state index contributed by atoms with van der Waals surface area (Å²) in [6.07, 6.45) is 1.05. The fraction of sp³-hybridized carbons (Fsp3) is 0.591. The van der Waals surface area contributed by atoms with Crippen molar-refractivity contribution in [2.45, 2.75) is 57.7 Å². The fourth-order valence-corrected chi connectivity index (χ4v) is 3.86. The molecule has 2 N–H and O–H groups in total. The van der Waals surface area contributed by atoms with Gasteiger partial charge in [0.15, 0.2) is 0 Å². The van der Waals surface area contributed by atoms with E-state index in [1.54, 1.807) is 0 Å². The molecule has 0 radical (unpaired) electrons. The summed E-state index contributed by atoms with van der Waals surface area (Å²) in [5.41, 5.74) is -0.513. The lowest BCUT2D eigenvalue weighted by molar-refractivity contribution is -0.149. The minimum atomic E-state index is -1.35. The highest BCUT2D eigenvalue weighted by Gasteiger charge is 2.50. The number of ether oxygens (including phenoxy) is 2. The lowest BCUT2D eigenvalue weighted by Crippen LogP contribution is -2.55. The van der Waals surface area contributed by atoms with Crippen LogP contribution in [-0.4, -0.2) is 59.8 Å². The summed E-state index contributed by atoms with van der Waals surface area (Å²) in [4.78, 5) is 38.2. The minimum Gasteiger partial charge on any atom is -0.479 e. The number of nitrogens with one attached hydrogen (secondary N) is 1. The average Bonchev–Trinajstić information content (AvgIpc) is 3.16. The van der Waals surface area contributed by atoms with Crippen molar-refractivity contribution in [3.63, 3.8) is 0 Å². The number of carboxylic acids is 1. The molecule has 8 nitrogen and oxygen atoms in total. The summed E-state index contributed by atoms with van der Waals surface area (Å²) in [5.74, 6) is -1.17. The summed E-state index contributed by atoms with van der Waals surface area (Å²) < 4.78 is 10.2. The van der Waals surface area contributed by atoms with E-state index in [-0.39, 0.29) is 31.5 Å². The molecule has 1 amide bonds. The number of methoxy groups -OCH3 is 1. The van der Waals surface area contributed by atoms with Crippen molar-refractivity contribution in [3.05, 3.63) is 35.9 Å². The van der Waals surface area contributed by atoms with E-state index in [1.807, 2.05) is 44.2 Å². The highest BCUT2D eigenvalue weighted by molar-refractivity contribution is 5.85. The molecule has 1 aliphatic heterocycles. The van der Waals surface area contributed by atoms with Gasteiger partial charge in [-0.05, 0) is 43.7 Å². The number of likely N-dealkylation sites (tertiary alicyclic amines) is 1. The van der Waals surface area contributed by atoms with E-state index in [0.29, 0.717) is 25.8 Å². The van der Waals surface area contributed by atoms with Crippen molar-refractivity contribution >= 4 is 18.0 Å². The molecular formula is C22H32N2O6. The summed E-state index contributed by atoms with van der Waals surface area (Å²) in [5, 5.41) is 13.1. The maximum atomic E-state index is 12.7. The Morgan fingerprint density at radius 2 is 1.93 bits per heavy atom. The van der Waals surface area contributed by atoms with Crippen LogP contribution in [0.25, 0.3) is 0 Å². The topological polar surface area (TPSA) is 105 Å². The van der Waals surface area contributed by atoms with Gasteiger partial charge in [-0.3, -0.25) is 9.69 Å². The van der Waals surface area contributed by atoms with Gasteiger partial charge in [-0.25, -0.2) is 9.59 Å². The second kappa shape index (κ2) is 11.0. The Bertz CT molecular complexity index is 724. The Balaban J connectivity index is 2.02. The van der Waals surface area contributed by atoms with Crippen LogP contribution in [0.3, 0.4) is 0 Å². The number of nitrogens with zero attached hydrogens (tertiary/aromatic N) is 1. The van der Waals surface area contributed by atoms with Crippen LogP contribution in [0.4, 0.5) is 4.79 Å². The lowest BCUT2D eigenvalue weighted by Gasteiger charge is -2.34. The van der Waals surface area contributed by atoms with Gasteiger partial charge in [0.2, 0.25) is 0 Å². The predicted molar refractivity (Wildman–Crippen MR) is 111 cm³/mol. The minimum absolute atomic E-state index is 0.0862. The van der Waals surface area contributed by atoms with Gasteiger partial charge < -0.3 is 19.9 Å². The van der Waals surface area contributed by atoms with E-state index in [4.69, 9.17) is 9.47 Å².